The SMILES string of the molecule is CCCCC(CC)COC(=O)CCCOCCOCCC(C)C. The monoisotopic (exact) mass is 330 g/mol. The normalized spacial score (nSPS) is 12.6. The van der Waals surface area contributed by atoms with Crippen LogP contribution in [0.4, 0.5) is 0 Å². The van der Waals surface area contributed by atoms with Crippen molar-refractivity contribution in [2.45, 2.75) is 72.6 Å². The topological polar surface area (TPSA) is 44.8 Å². The molecule has 1 unspecified atom stereocenters. The first-order chi connectivity index (χ1) is 11.1. The van der Waals surface area contributed by atoms with Gasteiger partial charge in [0, 0.05) is 19.6 Å². The van der Waals surface area contributed by atoms with Crippen LogP contribution in [-0.2, 0) is 19.0 Å². The third kappa shape index (κ3) is 16.0. The van der Waals surface area contributed by atoms with Crippen molar-refractivity contribution in [3.8, 4) is 0 Å². The van der Waals surface area contributed by atoms with Gasteiger partial charge in [0.05, 0.1) is 19.8 Å². The van der Waals surface area contributed by atoms with Gasteiger partial charge in [-0.3, -0.25) is 4.79 Å². The standard InChI is InChI=1S/C19H38O4/c1-5-7-9-18(6-2)16-23-19(20)10-8-12-21-14-15-22-13-11-17(3)4/h17-18H,5-16H2,1-4H3. The fraction of sp³-hybridized carbons (Fsp3) is 0.947. The molecule has 0 heterocycles. The third-order valence-corrected chi connectivity index (χ3v) is 3.90. The van der Waals surface area contributed by atoms with Crippen molar-refractivity contribution in [1.29, 1.82) is 0 Å². The predicted molar refractivity (Wildman–Crippen MR) is 94.6 cm³/mol. The highest BCUT2D eigenvalue weighted by Crippen LogP contribution is 2.13. The number of hydrogen-bond acceptors (Lipinski definition) is 4. The molecule has 0 aromatic heterocycles. The van der Waals surface area contributed by atoms with E-state index in [9.17, 15) is 4.79 Å². The molecule has 0 aromatic rings. The van der Waals surface area contributed by atoms with Gasteiger partial charge in [0.1, 0.15) is 0 Å². The van der Waals surface area contributed by atoms with E-state index in [0.29, 0.717) is 44.7 Å². The van der Waals surface area contributed by atoms with Gasteiger partial charge in [-0.05, 0) is 31.1 Å². The average molecular weight is 331 g/mol. The second-order valence-corrected chi connectivity index (χ2v) is 6.61. The minimum Gasteiger partial charge on any atom is -0.465 e. The van der Waals surface area contributed by atoms with Gasteiger partial charge in [0.2, 0.25) is 0 Å². The molecule has 0 fully saturated rings. The van der Waals surface area contributed by atoms with Gasteiger partial charge in [-0.15, -0.1) is 0 Å². The second-order valence-electron chi connectivity index (χ2n) is 6.61. The van der Waals surface area contributed by atoms with Crippen LogP contribution in [0.25, 0.3) is 0 Å². The molecule has 4 nitrogen and oxygen atoms in total. The Morgan fingerprint density at radius 1 is 0.913 bits per heavy atom. The Hall–Kier alpha value is -0.610. The van der Waals surface area contributed by atoms with Crippen molar-refractivity contribution in [2.24, 2.45) is 11.8 Å². The highest BCUT2D eigenvalue weighted by atomic mass is 16.5. The van der Waals surface area contributed by atoms with Crippen molar-refractivity contribution in [3.05, 3.63) is 0 Å². The van der Waals surface area contributed by atoms with Gasteiger partial charge < -0.3 is 14.2 Å². The molecule has 0 saturated heterocycles. The van der Waals surface area contributed by atoms with Crippen molar-refractivity contribution >= 4 is 5.97 Å². The Morgan fingerprint density at radius 2 is 1.61 bits per heavy atom. The van der Waals surface area contributed by atoms with Gasteiger partial charge >= 0.3 is 5.97 Å². The maximum atomic E-state index is 11.7. The fourth-order valence-electron chi connectivity index (χ4n) is 2.14. The van der Waals surface area contributed by atoms with E-state index in [-0.39, 0.29) is 5.97 Å². The Morgan fingerprint density at radius 3 is 2.22 bits per heavy atom. The van der Waals surface area contributed by atoms with Crippen LogP contribution in [0.1, 0.15) is 72.6 Å². The summed E-state index contributed by atoms with van der Waals surface area (Å²) in [5.41, 5.74) is 0. The number of unbranched alkanes of at least 4 members (excludes halogenated alkanes) is 1. The summed E-state index contributed by atoms with van der Waals surface area (Å²) in [6.45, 7) is 11.9. The number of rotatable bonds is 16. The van der Waals surface area contributed by atoms with E-state index < -0.39 is 0 Å². The van der Waals surface area contributed by atoms with Crippen molar-refractivity contribution < 1.29 is 19.0 Å². The molecule has 0 rings (SSSR count). The summed E-state index contributed by atoms with van der Waals surface area (Å²) in [6, 6.07) is 0. The van der Waals surface area contributed by atoms with Gasteiger partial charge in [-0.25, -0.2) is 0 Å². The van der Waals surface area contributed by atoms with E-state index >= 15 is 0 Å². The zero-order valence-corrected chi connectivity index (χ0v) is 15.8. The van der Waals surface area contributed by atoms with Crippen LogP contribution in [0.3, 0.4) is 0 Å². The highest BCUT2D eigenvalue weighted by molar-refractivity contribution is 5.69. The lowest BCUT2D eigenvalue weighted by atomic mass is 10.0. The highest BCUT2D eigenvalue weighted by Gasteiger charge is 2.09. The number of carbonyl (C=O) groups is 1. The van der Waals surface area contributed by atoms with Gasteiger partial charge in [-0.1, -0.05) is 47.0 Å². The molecule has 0 spiro atoms. The van der Waals surface area contributed by atoms with Gasteiger partial charge in [-0.2, -0.15) is 0 Å². The lowest BCUT2D eigenvalue weighted by Gasteiger charge is -2.14. The molecule has 4 heteroatoms. The molecule has 0 saturated carbocycles. The first kappa shape index (κ1) is 22.4. The first-order valence-corrected chi connectivity index (χ1v) is 9.41. The molecule has 138 valence electrons. The molecule has 0 bridgehead atoms. The summed E-state index contributed by atoms with van der Waals surface area (Å²) >= 11 is 0. The van der Waals surface area contributed by atoms with Crippen LogP contribution < -0.4 is 0 Å². The Balaban J connectivity index is 3.39. The molecule has 0 aliphatic carbocycles. The van der Waals surface area contributed by atoms with E-state index in [1.807, 2.05) is 0 Å². The molecular formula is C19H38O4. The van der Waals surface area contributed by atoms with E-state index in [2.05, 4.69) is 27.7 Å². The second kappa shape index (κ2) is 16.3. The molecule has 1 atom stereocenters. The molecule has 0 amide bonds. The summed E-state index contributed by atoms with van der Waals surface area (Å²) in [7, 11) is 0. The minimum atomic E-state index is -0.100. The number of ether oxygens (including phenoxy) is 3. The maximum Gasteiger partial charge on any atom is 0.305 e. The summed E-state index contributed by atoms with van der Waals surface area (Å²) in [4.78, 5) is 11.7. The first-order valence-electron chi connectivity index (χ1n) is 9.41. The largest absolute Gasteiger partial charge is 0.465 e. The number of esters is 1. The Bertz CT molecular complexity index is 266. The zero-order chi connectivity index (χ0) is 17.3. The molecule has 0 N–H and O–H groups in total. The molecule has 0 aromatic carbocycles. The number of hydrogen-bond donors (Lipinski definition) is 0. The minimum absolute atomic E-state index is 0.100. The lowest BCUT2D eigenvalue weighted by molar-refractivity contribution is -0.145. The molecule has 0 aliphatic heterocycles. The smallest absolute Gasteiger partial charge is 0.305 e. The summed E-state index contributed by atoms with van der Waals surface area (Å²) in [6.07, 6.45) is 6.89. The van der Waals surface area contributed by atoms with E-state index in [4.69, 9.17) is 14.2 Å². The van der Waals surface area contributed by atoms with Crippen molar-refractivity contribution in [2.75, 3.05) is 33.0 Å². The van der Waals surface area contributed by atoms with Gasteiger partial charge in [0.25, 0.3) is 0 Å². The van der Waals surface area contributed by atoms with E-state index in [0.717, 1.165) is 32.3 Å². The van der Waals surface area contributed by atoms with Crippen molar-refractivity contribution in [3.63, 3.8) is 0 Å². The van der Waals surface area contributed by atoms with Crippen molar-refractivity contribution in [1.82, 2.24) is 0 Å². The third-order valence-electron chi connectivity index (χ3n) is 3.90. The summed E-state index contributed by atoms with van der Waals surface area (Å²) in [5, 5.41) is 0. The molecule has 0 radical (unpaired) electrons. The van der Waals surface area contributed by atoms with Crippen LogP contribution in [0.5, 0.6) is 0 Å². The predicted octanol–water partition coefficient (Wildman–Crippen LogP) is 4.61. The Kier molecular flexibility index (Phi) is 15.8. The average Bonchev–Trinajstić information content (AvgIpc) is 2.53. The Labute approximate surface area is 143 Å². The van der Waals surface area contributed by atoms with Crippen LogP contribution in [-0.4, -0.2) is 39.0 Å². The quantitative estimate of drug-likeness (QED) is 0.306. The lowest BCUT2D eigenvalue weighted by Crippen LogP contribution is -2.14. The molecular weight excluding hydrogens is 292 g/mol. The molecule has 0 aliphatic rings. The molecule has 23 heavy (non-hydrogen) atoms. The van der Waals surface area contributed by atoms with Crippen LogP contribution in [0, 0.1) is 11.8 Å². The van der Waals surface area contributed by atoms with E-state index in [1.165, 1.54) is 12.8 Å². The number of carbonyl (C=O) groups excluding carboxylic acids is 1. The van der Waals surface area contributed by atoms with E-state index in [1.54, 1.807) is 0 Å². The zero-order valence-electron chi connectivity index (χ0n) is 15.8. The summed E-state index contributed by atoms with van der Waals surface area (Å²) < 4.78 is 16.3. The fourth-order valence-corrected chi connectivity index (χ4v) is 2.14. The van der Waals surface area contributed by atoms with Crippen LogP contribution in [0.15, 0.2) is 0 Å². The van der Waals surface area contributed by atoms with Crippen LogP contribution in [0.2, 0.25) is 0 Å². The van der Waals surface area contributed by atoms with Crippen LogP contribution >= 0.6 is 0 Å². The van der Waals surface area contributed by atoms with Gasteiger partial charge in [0.15, 0.2) is 0 Å². The summed E-state index contributed by atoms with van der Waals surface area (Å²) in [5.74, 6) is 1.09. The maximum absolute atomic E-state index is 11.7.